The van der Waals surface area contributed by atoms with Crippen molar-refractivity contribution in [2.75, 3.05) is 0 Å². The molecule has 0 bridgehead atoms. The first-order valence-electron chi connectivity index (χ1n) is 11.5. The summed E-state index contributed by atoms with van der Waals surface area (Å²) >= 11 is 0. The van der Waals surface area contributed by atoms with Gasteiger partial charge in [-0.3, -0.25) is 4.79 Å². The van der Waals surface area contributed by atoms with E-state index in [1.165, 1.54) is 0 Å². The highest BCUT2D eigenvalue weighted by Crippen LogP contribution is 2.40. The molecule has 7 nitrogen and oxygen atoms in total. The van der Waals surface area contributed by atoms with Crippen LogP contribution >= 0.6 is 0 Å². The van der Waals surface area contributed by atoms with Crippen molar-refractivity contribution in [1.29, 1.82) is 0 Å². The lowest BCUT2D eigenvalue weighted by Crippen LogP contribution is -2.53. The number of rotatable bonds is 6. The van der Waals surface area contributed by atoms with Crippen LogP contribution in [0.25, 0.3) is 4.91 Å². The van der Waals surface area contributed by atoms with Crippen molar-refractivity contribution in [2.45, 2.75) is 72.4 Å². The Morgan fingerprint density at radius 1 is 0.971 bits per heavy atom. The van der Waals surface area contributed by atoms with Crippen LogP contribution in [-0.2, 0) is 25.0 Å². The summed E-state index contributed by atoms with van der Waals surface area (Å²) in [4.78, 5) is 26.0. The van der Waals surface area contributed by atoms with E-state index >= 15 is 0 Å². The highest BCUT2D eigenvalue weighted by molar-refractivity contribution is 7.99. The highest BCUT2D eigenvalue weighted by atomic mass is 32.2. The minimum atomic E-state index is -4.23. The monoisotopic (exact) mass is 498 g/mol. The van der Waals surface area contributed by atoms with E-state index in [0.717, 1.165) is 26.6 Å². The molecule has 3 rings (SSSR count). The van der Waals surface area contributed by atoms with Gasteiger partial charge in [-0.25, -0.2) is 17.5 Å². The maximum Gasteiger partial charge on any atom is 0.327 e. The van der Waals surface area contributed by atoms with Crippen molar-refractivity contribution in [3.05, 3.63) is 76.0 Å². The van der Waals surface area contributed by atoms with Gasteiger partial charge in [-0.05, 0) is 63.8 Å². The van der Waals surface area contributed by atoms with E-state index in [4.69, 9.17) is 0 Å². The van der Waals surface area contributed by atoms with E-state index < -0.39 is 38.9 Å². The summed E-state index contributed by atoms with van der Waals surface area (Å²) < 4.78 is 28.1. The standard InChI is InChI=1S/C27H34N2O5S/c1-16-14-17(2)20(18(3)15-16)27(7,8)23(25(31)32)28-21-22(19-12-10-9-11-13-19)35(33,34)29(24(21)30)26(4,5)6/h9-15,23,28H,1-8H3,(H,31,32). The van der Waals surface area contributed by atoms with Gasteiger partial charge in [-0.1, -0.05) is 61.9 Å². The molecule has 1 heterocycles. The number of nitrogens with one attached hydrogen (secondary N) is 1. The topological polar surface area (TPSA) is 104 Å². The maximum absolute atomic E-state index is 13.6. The maximum atomic E-state index is 13.6. The summed E-state index contributed by atoms with van der Waals surface area (Å²) in [6.45, 7) is 14.3. The highest BCUT2D eigenvalue weighted by Gasteiger charge is 2.51. The van der Waals surface area contributed by atoms with E-state index in [1.807, 2.05) is 32.9 Å². The number of benzene rings is 2. The van der Waals surface area contributed by atoms with Crippen LogP contribution < -0.4 is 5.32 Å². The molecule has 0 radical (unpaired) electrons. The largest absolute Gasteiger partial charge is 0.480 e. The molecule has 2 aromatic carbocycles. The summed E-state index contributed by atoms with van der Waals surface area (Å²) in [7, 11) is -4.23. The van der Waals surface area contributed by atoms with Crippen molar-refractivity contribution < 1.29 is 23.1 Å². The Kier molecular flexibility index (Phi) is 6.67. The molecule has 0 spiro atoms. The van der Waals surface area contributed by atoms with Gasteiger partial charge in [-0.15, -0.1) is 0 Å². The summed E-state index contributed by atoms with van der Waals surface area (Å²) in [5.74, 6) is -1.95. The van der Waals surface area contributed by atoms with Gasteiger partial charge < -0.3 is 10.4 Å². The fourth-order valence-electron chi connectivity index (χ4n) is 5.24. The van der Waals surface area contributed by atoms with Crippen LogP contribution in [0.15, 0.2) is 48.2 Å². The number of aliphatic carboxylic acids is 1. The van der Waals surface area contributed by atoms with Crippen LogP contribution in [0.4, 0.5) is 0 Å². The molecule has 0 aromatic heterocycles. The number of carboxylic acid groups (broad SMARTS) is 1. The van der Waals surface area contributed by atoms with Gasteiger partial charge in [0.25, 0.3) is 15.9 Å². The third kappa shape index (κ3) is 4.59. The van der Waals surface area contributed by atoms with Crippen molar-refractivity contribution in [3.8, 4) is 0 Å². The molecule has 1 atom stereocenters. The second-order valence-corrected chi connectivity index (χ2v) is 12.5. The number of carbonyl (C=O) groups is 2. The SMILES string of the molecule is Cc1cc(C)c(C(C)(C)C(NC2=C(c3ccccc3)S(=O)(=O)N(C(C)(C)C)C2=O)C(=O)O)c(C)c1. The lowest BCUT2D eigenvalue weighted by molar-refractivity contribution is -0.141. The number of carbonyl (C=O) groups excluding carboxylic acids is 1. The van der Waals surface area contributed by atoms with Crippen LogP contribution in [0, 0.1) is 20.8 Å². The molecule has 2 N–H and O–H groups in total. The Hall–Kier alpha value is -3.13. The Morgan fingerprint density at radius 3 is 1.94 bits per heavy atom. The fraction of sp³-hybridized carbons (Fsp3) is 0.407. The van der Waals surface area contributed by atoms with Crippen molar-refractivity contribution >= 4 is 26.8 Å². The molecule has 2 aromatic rings. The fourth-order valence-corrected chi connectivity index (χ4v) is 7.29. The normalized spacial score (nSPS) is 17.0. The van der Waals surface area contributed by atoms with Gasteiger partial charge in [-0.2, -0.15) is 0 Å². The average Bonchev–Trinajstić information content (AvgIpc) is 2.89. The molecule has 1 aliphatic heterocycles. The van der Waals surface area contributed by atoms with Crippen LogP contribution in [0.1, 0.15) is 62.4 Å². The Labute approximate surface area is 207 Å². The Morgan fingerprint density at radius 2 is 1.49 bits per heavy atom. The first-order valence-corrected chi connectivity index (χ1v) is 12.9. The van der Waals surface area contributed by atoms with E-state index in [9.17, 15) is 23.1 Å². The summed E-state index contributed by atoms with van der Waals surface area (Å²) in [5.41, 5.74) is 1.82. The summed E-state index contributed by atoms with van der Waals surface area (Å²) in [5, 5.41) is 13.2. The molecule has 0 fully saturated rings. The molecular weight excluding hydrogens is 464 g/mol. The lowest BCUT2D eigenvalue weighted by atomic mass is 9.73. The Bertz CT molecular complexity index is 1300. The number of aryl methyl sites for hydroxylation is 3. The van der Waals surface area contributed by atoms with Crippen molar-refractivity contribution in [1.82, 2.24) is 9.62 Å². The molecule has 1 aliphatic rings. The molecule has 35 heavy (non-hydrogen) atoms. The predicted molar refractivity (Wildman–Crippen MR) is 137 cm³/mol. The van der Waals surface area contributed by atoms with Crippen LogP contribution in [0.3, 0.4) is 0 Å². The van der Waals surface area contributed by atoms with Gasteiger partial charge in [0, 0.05) is 5.41 Å². The summed E-state index contributed by atoms with van der Waals surface area (Å²) in [6.07, 6.45) is 0. The van der Waals surface area contributed by atoms with E-state index in [0.29, 0.717) is 5.56 Å². The molecule has 8 heteroatoms. The van der Waals surface area contributed by atoms with Gasteiger partial charge >= 0.3 is 5.97 Å². The third-order valence-corrected chi connectivity index (χ3v) is 8.50. The van der Waals surface area contributed by atoms with Crippen LogP contribution in [-0.4, -0.2) is 41.3 Å². The Balaban J connectivity index is 2.25. The van der Waals surface area contributed by atoms with E-state index in [1.54, 1.807) is 65.0 Å². The molecule has 1 amide bonds. The third-order valence-electron chi connectivity index (χ3n) is 6.35. The number of hydrogen-bond acceptors (Lipinski definition) is 5. The molecule has 0 saturated heterocycles. The van der Waals surface area contributed by atoms with Crippen LogP contribution in [0.2, 0.25) is 0 Å². The molecule has 0 saturated carbocycles. The van der Waals surface area contributed by atoms with Gasteiger partial charge in [0.2, 0.25) is 0 Å². The minimum absolute atomic E-state index is 0.211. The summed E-state index contributed by atoms with van der Waals surface area (Å²) in [6, 6.07) is 11.0. The zero-order valence-corrected chi connectivity index (χ0v) is 22.4. The smallest absolute Gasteiger partial charge is 0.327 e. The molecular formula is C27H34N2O5S. The second kappa shape index (κ2) is 8.82. The quantitative estimate of drug-likeness (QED) is 0.616. The van der Waals surface area contributed by atoms with Gasteiger partial charge in [0.15, 0.2) is 0 Å². The number of nitrogens with zero attached hydrogens (tertiary/aromatic N) is 1. The van der Waals surface area contributed by atoms with Gasteiger partial charge in [0.1, 0.15) is 16.6 Å². The van der Waals surface area contributed by atoms with Crippen LogP contribution in [0.5, 0.6) is 0 Å². The minimum Gasteiger partial charge on any atom is -0.480 e. The zero-order chi connectivity index (χ0) is 26.5. The van der Waals surface area contributed by atoms with Gasteiger partial charge in [0.05, 0.1) is 5.54 Å². The number of carboxylic acids is 1. The predicted octanol–water partition coefficient (Wildman–Crippen LogP) is 4.27. The lowest BCUT2D eigenvalue weighted by Gasteiger charge is -2.36. The number of amides is 1. The van der Waals surface area contributed by atoms with E-state index in [2.05, 4.69) is 5.32 Å². The number of hydrogen-bond donors (Lipinski definition) is 2. The first kappa shape index (κ1) is 26.5. The molecule has 1 unspecified atom stereocenters. The molecule has 188 valence electrons. The van der Waals surface area contributed by atoms with Crippen molar-refractivity contribution in [3.63, 3.8) is 0 Å². The second-order valence-electron chi connectivity index (χ2n) is 10.7. The van der Waals surface area contributed by atoms with E-state index in [-0.39, 0.29) is 10.6 Å². The average molecular weight is 499 g/mol. The van der Waals surface area contributed by atoms with Crippen molar-refractivity contribution in [2.24, 2.45) is 0 Å². The molecule has 0 aliphatic carbocycles. The zero-order valence-electron chi connectivity index (χ0n) is 21.6. The first-order chi connectivity index (χ1) is 16.0. The number of sulfonamides is 1.